The molecule has 0 spiro atoms. The van der Waals surface area contributed by atoms with E-state index < -0.39 is 41.7 Å². The zero-order valence-corrected chi connectivity index (χ0v) is 19.7. The first-order chi connectivity index (χ1) is 16.1. The Morgan fingerprint density at radius 2 is 1.94 bits per heavy atom. The summed E-state index contributed by atoms with van der Waals surface area (Å²) in [6.45, 7) is 3.78. The predicted octanol–water partition coefficient (Wildman–Crippen LogP) is 1.44. The van der Waals surface area contributed by atoms with Crippen molar-refractivity contribution < 1.29 is 23.9 Å². The van der Waals surface area contributed by atoms with Crippen molar-refractivity contribution in [3.05, 3.63) is 59.9 Å². The average Bonchev–Trinajstić information content (AvgIpc) is 3.47. The van der Waals surface area contributed by atoms with Crippen LogP contribution in [0.5, 0.6) is 0 Å². The number of carbonyl (C=O) groups is 4. The minimum atomic E-state index is -1.21. The Balaban J connectivity index is 1.79. The number of nitrogens with one attached hydrogen (secondary N) is 2. The van der Waals surface area contributed by atoms with Gasteiger partial charge in [-0.3, -0.25) is 19.2 Å². The summed E-state index contributed by atoms with van der Waals surface area (Å²) in [6.07, 6.45) is 3.87. The van der Waals surface area contributed by atoms with Gasteiger partial charge in [-0.05, 0) is 36.3 Å². The second-order valence-corrected chi connectivity index (χ2v) is 9.47. The van der Waals surface area contributed by atoms with Gasteiger partial charge in [0.05, 0.1) is 5.56 Å². The lowest BCUT2D eigenvalue weighted by atomic mass is 9.80. The summed E-state index contributed by atoms with van der Waals surface area (Å²) < 4.78 is 5.21. The first-order valence-corrected chi connectivity index (χ1v) is 11.3. The molecule has 9 heteroatoms. The van der Waals surface area contributed by atoms with Crippen LogP contribution in [0.2, 0.25) is 0 Å². The van der Waals surface area contributed by atoms with Crippen LogP contribution < -0.4 is 11.1 Å². The number of H-pyrrole nitrogens is 1. The van der Waals surface area contributed by atoms with Crippen molar-refractivity contribution in [1.82, 2.24) is 15.2 Å². The second-order valence-electron chi connectivity index (χ2n) is 9.47. The molecule has 3 rings (SSSR count). The third kappa shape index (κ3) is 6.11. The molecule has 34 heavy (non-hydrogen) atoms. The van der Waals surface area contributed by atoms with Gasteiger partial charge in [0.1, 0.15) is 18.7 Å². The summed E-state index contributed by atoms with van der Waals surface area (Å²) in [7, 11) is 1.43. The van der Waals surface area contributed by atoms with Crippen LogP contribution in [0.15, 0.2) is 48.8 Å². The number of aryl methyl sites for hydroxylation is 1. The average molecular weight is 469 g/mol. The van der Waals surface area contributed by atoms with Crippen LogP contribution in [-0.2, 0) is 25.5 Å². The lowest BCUT2D eigenvalue weighted by Gasteiger charge is -2.34. The first kappa shape index (κ1) is 25.2. The van der Waals surface area contributed by atoms with Crippen LogP contribution in [0.25, 0.3) is 0 Å². The fourth-order valence-corrected chi connectivity index (χ4v) is 4.25. The van der Waals surface area contributed by atoms with Gasteiger partial charge in [0, 0.05) is 19.4 Å². The topological polar surface area (TPSA) is 135 Å². The standard InChI is InChI=1S/C25H32N4O5/c1-25(2,11-9-16-7-5-4-6-8-16)13-18(28-23(32)17-10-12-27-14-17)24(33)29(3)20-19(30)15-34-21(20)22(26)31/h4-8,10,12,14,18,20-21,27H,9,11,13,15H2,1-3H3,(H2,26,31)(H,28,32)/t18-,20?,21?/m0/s1. The highest BCUT2D eigenvalue weighted by molar-refractivity contribution is 6.01. The molecule has 3 amide bonds. The summed E-state index contributed by atoms with van der Waals surface area (Å²) in [5.74, 6) is -2.11. The molecular weight excluding hydrogens is 436 g/mol. The highest BCUT2D eigenvalue weighted by Crippen LogP contribution is 2.30. The van der Waals surface area contributed by atoms with Gasteiger partial charge in [0.2, 0.25) is 11.8 Å². The van der Waals surface area contributed by atoms with E-state index in [0.717, 1.165) is 12.8 Å². The van der Waals surface area contributed by atoms with Crippen LogP contribution in [0.4, 0.5) is 0 Å². The number of hydrogen-bond donors (Lipinski definition) is 3. The molecule has 2 unspecified atom stereocenters. The molecule has 1 aromatic heterocycles. The maximum Gasteiger partial charge on any atom is 0.253 e. The predicted molar refractivity (Wildman–Crippen MR) is 126 cm³/mol. The van der Waals surface area contributed by atoms with Crippen molar-refractivity contribution in [3.63, 3.8) is 0 Å². The Morgan fingerprint density at radius 3 is 2.56 bits per heavy atom. The van der Waals surface area contributed by atoms with Gasteiger partial charge in [0.15, 0.2) is 11.9 Å². The maximum absolute atomic E-state index is 13.5. The van der Waals surface area contributed by atoms with Crippen molar-refractivity contribution in [3.8, 4) is 0 Å². The van der Waals surface area contributed by atoms with Gasteiger partial charge < -0.3 is 25.7 Å². The van der Waals surface area contributed by atoms with Gasteiger partial charge in [-0.25, -0.2) is 0 Å². The molecule has 182 valence electrons. The zero-order valence-electron chi connectivity index (χ0n) is 19.7. The van der Waals surface area contributed by atoms with Gasteiger partial charge in [0.25, 0.3) is 5.91 Å². The monoisotopic (exact) mass is 468 g/mol. The van der Waals surface area contributed by atoms with E-state index in [2.05, 4.69) is 22.4 Å². The summed E-state index contributed by atoms with van der Waals surface area (Å²) >= 11 is 0. The Hall–Kier alpha value is -3.46. The number of rotatable bonds is 10. The van der Waals surface area contributed by atoms with Crippen LogP contribution >= 0.6 is 0 Å². The van der Waals surface area contributed by atoms with Crippen LogP contribution in [0, 0.1) is 5.41 Å². The Kier molecular flexibility index (Phi) is 7.88. The first-order valence-electron chi connectivity index (χ1n) is 11.3. The molecule has 4 N–H and O–H groups in total. The maximum atomic E-state index is 13.5. The van der Waals surface area contributed by atoms with E-state index in [1.807, 2.05) is 32.0 Å². The largest absolute Gasteiger partial charge is 0.367 e. The van der Waals surface area contributed by atoms with E-state index in [-0.39, 0.29) is 12.0 Å². The number of Topliss-reactive ketones (excluding diaryl/α,β-unsaturated/α-hetero) is 1. The van der Waals surface area contributed by atoms with Crippen molar-refractivity contribution >= 4 is 23.5 Å². The van der Waals surface area contributed by atoms with Gasteiger partial charge in [-0.2, -0.15) is 0 Å². The molecule has 9 nitrogen and oxygen atoms in total. The molecule has 1 saturated heterocycles. The van der Waals surface area contributed by atoms with E-state index in [1.165, 1.54) is 17.5 Å². The highest BCUT2D eigenvalue weighted by Gasteiger charge is 2.45. The SMILES string of the molecule is CN(C(=O)[C@H](CC(C)(C)CCc1ccccc1)NC(=O)c1cc[nH]c1)C1C(=O)COC1C(N)=O. The third-order valence-electron chi connectivity index (χ3n) is 6.22. The van der Waals surface area contributed by atoms with E-state index >= 15 is 0 Å². The molecule has 1 aromatic carbocycles. The van der Waals surface area contributed by atoms with Crippen molar-refractivity contribution in [2.45, 2.75) is 51.3 Å². The Labute approximate surface area is 199 Å². The molecule has 0 aliphatic carbocycles. The quantitative estimate of drug-likeness (QED) is 0.485. The van der Waals surface area contributed by atoms with Crippen LogP contribution in [0.3, 0.4) is 0 Å². The fraction of sp³-hybridized carbons (Fsp3) is 0.440. The Bertz CT molecular complexity index is 1020. The third-order valence-corrected chi connectivity index (χ3v) is 6.22. The van der Waals surface area contributed by atoms with Crippen LogP contribution in [-0.4, -0.2) is 65.2 Å². The zero-order chi connectivity index (χ0) is 24.9. The number of nitrogens with two attached hydrogens (primary N) is 1. The number of aromatic amines is 1. The van der Waals surface area contributed by atoms with Gasteiger partial charge in [-0.1, -0.05) is 44.2 Å². The van der Waals surface area contributed by atoms with Crippen LogP contribution in [0.1, 0.15) is 42.6 Å². The second kappa shape index (κ2) is 10.6. The number of hydrogen-bond acceptors (Lipinski definition) is 5. The number of primary amides is 1. The summed E-state index contributed by atoms with van der Waals surface area (Å²) in [5, 5.41) is 2.82. The highest BCUT2D eigenvalue weighted by atomic mass is 16.5. The van der Waals surface area contributed by atoms with Crippen molar-refractivity contribution in [2.24, 2.45) is 11.1 Å². The molecule has 2 heterocycles. The molecule has 0 bridgehead atoms. The summed E-state index contributed by atoms with van der Waals surface area (Å²) in [4.78, 5) is 54.5. The number of nitrogens with zero attached hydrogens (tertiary/aromatic N) is 1. The lowest BCUT2D eigenvalue weighted by Crippen LogP contribution is -2.56. The van der Waals surface area contributed by atoms with Gasteiger partial charge >= 0.3 is 0 Å². The smallest absolute Gasteiger partial charge is 0.253 e. The number of aromatic nitrogens is 1. The number of ketones is 1. The van der Waals surface area contributed by atoms with E-state index in [0.29, 0.717) is 12.0 Å². The summed E-state index contributed by atoms with van der Waals surface area (Å²) in [5.41, 5.74) is 6.63. The minimum absolute atomic E-state index is 0.293. The number of carbonyl (C=O) groups excluding carboxylic acids is 4. The van der Waals surface area contributed by atoms with Crippen molar-refractivity contribution in [2.75, 3.05) is 13.7 Å². The molecule has 1 aliphatic heterocycles. The lowest BCUT2D eigenvalue weighted by molar-refractivity contribution is -0.141. The molecule has 2 aromatic rings. The van der Waals surface area contributed by atoms with E-state index in [9.17, 15) is 19.2 Å². The van der Waals surface area contributed by atoms with E-state index in [4.69, 9.17) is 10.5 Å². The molecule has 1 fully saturated rings. The number of likely N-dealkylation sites (N-methyl/N-ethyl adjacent to an activating group) is 1. The molecular formula is C25H32N4O5. The summed E-state index contributed by atoms with van der Waals surface area (Å²) in [6, 6.07) is 9.60. The number of benzene rings is 1. The normalized spacial score (nSPS) is 19.0. The number of ether oxygens (including phenoxy) is 1. The fourth-order valence-electron chi connectivity index (χ4n) is 4.25. The number of amides is 3. The molecule has 1 aliphatic rings. The van der Waals surface area contributed by atoms with E-state index in [1.54, 1.807) is 18.5 Å². The minimum Gasteiger partial charge on any atom is -0.367 e. The molecule has 0 radical (unpaired) electrons. The van der Waals surface area contributed by atoms with Crippen molar-refractivity contribution in [1.29, 1.82) is 0 Å². The Morgan fingerprint density at radius 1 is 1.24 bits per heavy atom. The molecule has 0 saturated carbocycles. The van der Waals surface area contributed by atoms with Gasteiger partial charge in [-0.15, -0.1) is 0 Å². The molecule has 3 atom stereocenters.